The Morgan fingerprint density at radius 2 is 1.82 bits per heavy atom. The van der Waals surface area contributed by atoms with Crippen molar-refractivity contribution in [3.63, 3.8) is 0 Å². The van der Waals surface area contributed by atoms with Crippen LogP contribution in [0.5, 0.6) is 0 Å². The summed E-state index contributed by atoms with van der Waals surface area (Å²) in [7, 11) is 0. The van der Waals surface area contributed by atoms with E-state index in [1.807, 2.05) is 37.3 Å². The minimum Gasteiger partial charge on any atom is -0.456 e. The molecule has 4 nitrogen and oxygen atoms in total. The number of nitrogens with zero attached hydrogens (tertiary/aromatic N) is 1. The van der Waals surface area contributed by atoms with Crippen molar-refractivity contribution in [2.45, 2.75) is 54.1 Å². The van der Waals surface area contributed by atoms with Crippen LogP contribution in [0, 0.1) is 13.8 Å². The number of rotatable bonds is 6. The topological polar surface area (TPSA) is 54.4 Å². The minimum absolute atomic E-state index is 0.251. The number of aromatic nitrogens is 1. The fourth-order valence-corrected chi connectivity index (χ4v) is 3.79. The minimum atomic E-state index is -0.371. The van der Waals surface area contributed by atoms with Gasteiger partial charge in [-0.25, -0.2) is 9.79 Å². The predicted molar refractivity (Wildman–Crippen MR) is 114 cm³/mol. The summed E-state index contributed by atoms with van der Waals surface area (Å²) in [6.45, 7) is 10.7. The molecule has 146 valence electrons. The van der Waals surface area contributed by atoms with Gasteiger partial charge < -0.3 is 9.72 Å². The molecule has 3 rings (SSSR count). The number of carbonyl (C=O) groups excluding carboxylic acids is 1. The van der Waals surface area contributed by atoms with E-state index in [0.717, 1.165) is 40.9 Å². The van der Waals surface area contributed by atoms with E-state index < -0.39 is 0 Å². The maximum Gasteiger partial charge on any atom is 0.357 e. The van der Waals surface area contributed by atoms with Gasteiger partial charge in [0.05, 0.1) is 5.70 Å². The molecule has 0 aliphatic carbocycles. The van der Waals surface area contributed by atoms with E-state index in [1.54, 1.807) is 0 Å². The van der Waals surface area contributed by atoms with E-state index >= 15 is 0 Å². The van der Waals surface area contributed by atoms with Gasteiger partial charge in [-0.1, -0.05) is 44.2 Å². The molecule has 0 saturated heterocycles. The Bertz CT molecular complexity index is 976. The molecule has 28 heavy (non-hydrogen) atoms. The molecule has 1 aromatic carbocycles. The number of hydrogen-bond donors (Lipinski definition) is 1. The van der Waals surface area contributed by atoms with Crippen molar-refractivity contribution in [3.05, 3.63) is 75.3 Å². The second kappa shape index (κ2) is 8.42. The van der Waals surface area contributed by atoms with Crippen LogP contribution in [0.25, 0.3) is 6.08 Å². The SMILES string of the molecule is CCC1=C(C)C(C(=O)OCc2ccccc2)=NC1=Cc1[nH]c(C)c(CC)c1C. The van der Waals surface area contributed by atoms with Crippen molar-refractivity contribution >= 4 is 17.8 Å². The third-order valence-electron chi connectivity index (χ3n) is 5.38. The molecule has 0 radical (unpaired) electrons. The Morgan fingerprint density at radius 1 is 1.11 bits per heavy atom. The van der Waals surface area contributed by atoms with Crippen molar-refractivity contribution < 1.29 is 9.53 Å². The zero-order valence-corrected chi connectivity index (χ0v) is 17.3. The van der Waals surface area contributed by atoms with E-state index in [1.165, 1.54) is 16.8 Å². The number of aliphatic imine (C=N–C) groups is 1. The Kier molecular flexibility index (Phi) is 5.98. The second-order valence-corrected chi connectivity index (χ2v) is 7.13. The number of H-pyrrole nitrogens is 1. The Balaban J connectivity index is 1.87. The van der Waals surface area contributed by atoms with E-state index in [9.17, 15) is 4.79 Å². The fourth-order valence-electron chi connectivity index (χ4n) is 3.79. The van der Waals surface area contributed by atoms with Crippen molar-refractivity contribution in [3.8, 4) is 0 Å². The van der Waals surface area contributed by atoms with Gasteiger partial charge in [0.1, 0.15) is 6.61 Å². The van der Waals surface area contributed by atoms with Gasteiger partial charge in [-0.15, -0.1) is 0 Å². The smallest absolute Gasteiger partial charge is 0.357 e. The first kappa shape index (κ1) is 19.9. The van der Waals surface area contributed by atoms with Gasteiger partial charge in [0.2, 0.25) is 0 Å². The number of esters is 1. The molecule has 1 aliphatic heterocycles. The summed E-state index contributed by atoms with van der Waals surface area (Å²) >= 11 is 0. The van der Waals surface area contributed by atoms with Crippen LogP contribution in [0.3, 0.4) is 0 Å². The van der Waals surface area contributed by atoms with Crippen molar-refractivity contribution in [1.82, 2.24) is 4.98 Å². The van der Waals surface area contributed by atoms with Crippen LogP contribution < -0.4 is 0 Å². The monoisotopic (exact) mass is 376 g/mol. The maximum atomic E-state index is 12.6. The first-order valence-electron chi connectivity index (χ1n) is 9.86. The average molecular weight is 377 g/mol. The largest absolute Gasteiger partial charge is 0.456 e. The quantitative estimate of drug-likeness (QED) is 0.681. The lowest BCUT2D eigenvalue weighted by molar-refractivity contribution is -0.136. The summed E-state index contributed by atoms with van der Waals surface area (Å²) in [6, 6.07) is 9.69. The number of aryl methyl sites for hydroxylation is 1. The molecule has 2 heterocycles. The van der Waals surface area contributed by atoms with Crippen molar-refractivity contribution in [2.24, 2.45) is 4.99 Å². The van der Waals surface area contributed by atoms with Gasteiger partial charge in [-0.05, 0) is 67.5 Å². The Morgan fingerprint density at radius 3 is 2.43 bits per heavy atom. The highest BCUT2D eigenvalue weighted by atomic mass is 16.5. The molecule has 0 atom stereocenters. The lowest BCUT2D eigenvalue weighted by Crippen LogP contribution is -2.17. The number of allylic oxidation sites excluding steroid dienone is 1. The van der Waals surface area contributed by atoms with E-state index in [0.29, 0.717) is 5.71 Å². The van der Waals surface area contributed by atoms with Gasteiger partial charge in [0, 0.05) is 11.4 Å². The van der Waals surface area contributed by atoms with Gasteiger partial charge in [-0.2, -0.15) is 0 Å². The number of carbonyl (C=O) groups is 1. The highest BCUT2D eigenvalue weighted by Gasteiger charge is 2.26. The summed E-state index contributed by atoms with van der Waals surface area (Å²) in [5.41, 5.74) is 9.06. The lowest BCUT2D eigenvalue weighted by atomic mass is 10.0. The van der Waals surface area contributed by atoms with Crippen LogP contribution in [0.4, 0.5) is 0 Å². The number of benzene rings is 1. The molecular formula is C24H28N2O2. The average Bonchev–Trinajstić information content (AvgIpc) is 3.15. The normalized spacial score (nSPS) is 15.3. The van der Waals surface area contributed by atoms with Crippen LogP contribution >= 0.6 is 0 Å². The summed E-state index contributed by atoms with van der Waals surface area (Å²) in [6.07, 6.45) is 3.87. The molecule has 0 saturated carbocycles. The first-order chi connectivity index (χ1) is 13.5. The van der Waals surface area contributed by atoms with Gasteiger partial charge in [0.25, 0.3) is 0 Å². The number of nitrogens with one attached hydrogen (secondary N) is 1. The zero-order valence-electron chi connectivity index (χ0n) is 17.3. The van der Waals surface area contributed by atoms with Crippen molar-refractivity contribution in [2.75, 3.05) is 0 Å². The molecule has 0 bridgehead atoms. The Hall–Kier alpha value is -2.88. The molecule has 0 fully saturated rings. The van der Waals surface area contributed by atoms with Crippen molar-refractivity contribution in [1.29, 1.82) is 0 Å². The molecule has 1 aromatic heterocycles. The van der Waals surface area contributed by atoms with Gasteiger partial charge >= 0.3 is 5.97 Å². The number of ether oxygens (including phenoxy) is 1. The molecule has 0 amide bonds. The zero-order chi connectivity index (χ0) is 20.3. The summed E-state index contributed by atoms with van der Waals surface area (Å²) in [5.74, 6) is -0.371. The molecule has 4 heteroatoms. The highest BCUT2D eigenvalue weighted by molar-refractivity contribution is 6.44. The maximum absolute atomic E-state index is 12.6. The molecule has 1 aliphatic rings. The van der Waals surface area contributed by atoms with E-state index in [-0.39, 0.29) is 12.6 Å². The molecular weight excluding hydrogens is 348 g/mol. The van der Waals surface area contributed by atoms with E-state index in [2.05, 4.69) is 43.7 Å². The summed E-state index contributed by atoms with van der Waals surface area (Å²) in [4.78, 5) is 20.7. The van der Waals surface area contributed by atoms with Crippen LogP contribution in [0.1, 0.15) is 55.3 Å². The molecule has 2 aromatic rings. The third-order valence-corrected chi connectivity index (χ3v) is 5.38. The Labute approximate surface area is 167 Å². The third kappa shape index (κ3) is 3.86. The van der Waals surface area contributed by atoms with E-state index in [4.69, 9.17) is 4.74 Å². The van der Waals surface area contributed by atoms with Crippen LogP contribution in [-0.2, 0) is 22.6 Å². The van der Waals surface area contributed by atoms with Crippen LogP contribution in [-0.4, -0.2) is 16.7 Å². The van der Waals surface area contributed by atoms with Gasteiger partial charge in [0.15, 0.2) is 5.71 Å². The second-order valence-electron chi connectivity index (χ2n) is 7.13. The number of hydrogen-bond acceptors (Lipinski definition) is 3. The first-order valence-corrected chi connectivity index (χ1v) is 9.86. The molecule has 0 spiro atoms. The summed E-state index contributed by atoms with van der Waals surface area (Å²) < 4.78 is 5.50. The summed E-state index contributed by atoms with van der Waals surface area (Å²) in [5, 5.41) is 0. The van der Waals surface area contributed by atoms with Crippen LogP contribution in [0.15, 0.2) is 52.2 Å². The predicted octanol–water partition coefficient (Wildman–Crippen LogP) is 5.46. The lowest BCUT2D eigenvalue weighted by Gasteiger charge is -2.05. The molecule has 1 N–H and O–H groups in total. The molecule has 0 unspecified atom stereocenters. The van der Waals surface area contributed by atoms with Crippen LogP contribution in [0.2, 0.25) is 0 Å². The number of aromatic amines is 1. The highest BCUT2D eigenvalue weighted by Crippen LogP contribution is 2.31. The fraction of sp³-hybridized carbons (Fsp3) is 0.333. The van der Waals surface area contributed by atoms with Gasteiger partial charge in [-0.3, -0.25) is 0 Å². The standard InChI is InChI=1S/C24H28N2O2/c1-6-19-15(3)21(25-17(19)5)13-22-20(7-2)16(4)23(26-22)24(27)28-14-18-11-9-8-10-12-18/h8-13,25H,6-7,14H2,1-5H3.